The fourth-order valence-electron chi connectivity index (χ4n) is 2.40. The Bertz CT molecular complexity index is 550. The molecule has 16 heavy (non-hydrogen) atoms. The topological polar surface area (TPSA) is 12.9 Å². The molecule has 1 aromatic heterocycles. The average Bonchev–Trinajstić information content (AvgIpc) is 2.56. The Hall–Kier alpha value is -0.890. The first-order valence-corrected chi connectivity index (χ1v) is 6.62. The molecule has 0 saturated heterocycles. The summed E-state index contributed by atoms with van der Waals surface area (Å²) in [6.45, 7) is 13.3. The van der Waals surface area contributed by atoms with Crippen molar-refractivity contribution in [1.29, 1.82) is 0 Å². The minimum Gasteiger partial charge on any atom is -0.241 e. The molecule has 86 valence electrons. The fourth-order valence-corrected chi connectivity index (χ4v) is 3.39. The lowest BCUT2D eigenvalue weighted by atomic mass is 9.91. The van der Waals surface area contributed by atoms with Crippen LogP contribution < -0.4 is 0 Å². The summed E-state index contributed by atoms with van der Waals surface area (Å²) in [4.78, 5) is 4.72. The van der Waals surface area contributed by atoms with E-state index in [4.69, 9.17) is 4.98 Å². The number of thiazole rings is 1. The van der Waals surface area contributed by atoms with Gasteiger partial charge in [0.2, 0.25) is 0 Å². The van der Waals surface area contributed by atoms with Crippen LogP contribution in [0.1, 0.15) is 47.0 Å². The minimum absolute atomic E-state index is 0.545. The van der Waals surface area contributed by atoms with Crippen LogP contribution in [0.3, 0.4) is 0 Å². The van der Waals surface area contributed by atoms with Crippen molar-refractivity contribution in [3.8, 4) is 0 Å². The van der Waals surface area contributed by atoms with Gasteiger partial charge in [-0.15, -0.1) is 11.3 Å². The van der Waals surface area contributed by atoms with E-state index in [1.807, 2.05) is 11.3 Å². The predicted molar refractivity (Wildman–Crippen MR) is 72.7 cm³/mol. The third-order valence-corrected chi connectivity index (χ3v) is 4.53. The molecule has 1 nitrogen and oxygen atoms in total. The average molecular weight is 233 g/mol. The van der Waals surface area contributed by atoms with Crippen LogP contribution in [0.2, 0.25) is 0 Å². The summed E-state index contributed by atoms with van der Waals surface area (Å²) in [5.41, 5.74) is 6.92. The normalized spacial score (nSPS) is 11.7. The zero-order valence-electron chi connectivity index (χ0n) is 10.9. The van der Waals surface area contributed by atoms with Gasteiger partial charge in [-0.25, -0.2) is 4.98 Å². The highest BCUT2D eigenvalue weighted by Crippen LogP contribution is 2.36. The van der Waals surface area contributed by atoms with Crippen molar-refractivity contribution >= 4 is 21.6 Å². The molecule has 0 radical (unpaired) electrons. The minimum atomic E-state index is 0.545. The number of fused-ring (bicyclic) bond motifs is 1. The van der Waals surface area contributed by atoms with Crippen LogP contribution in [-0.2, 0) is 0 Å². The van der Waals surface area contributed by atoms with Gasteiger partial charge in [0.05, 0.1) is 15.2 Å². The third kappa shape index (κ3) is 1.56. The number of aromatic nitrogens is 1. The van der Waals surface area contributed by atoms with E-state index in [1.165, 1.54) is 37.5 Å². The zero-order valence-corrected chi connectivity index (χ0v) is 11.7. The van der Waals surface area contributed by atoms with Gasteiger partial charge < -0.3 is 0 Å². The summed E-state index contributed by atoms with van der Waals surface area (Å²) in [5, 5.41) is 1.17. The SMILES string of the molecule is Cc1nc2c(C(C)C)c(C)c(C)c(C)c2s1. The summed E-state index contributed by atoms with van der Waals surface area (Å²) < 4.78 is 1.38. The van der Waals surface area contributed by atoms with E-state index in [0.717, 1.165) is 0 Å². The molecule has 0 aliphatic heterocycles. The van der Waals surface area contributed by atoms with Crippen molar-refractivity contribution in [2.45, 2.75) is 47.5 Å². The second-order valence-corrected chi connectivity index (χ2v) is 6.06. The van der Waals surface area contributed by atoms with Crippen LogP contribution in [0, 0.1) is 27.7 Å². The molecule has 0 aliphatic rings. The van der Waals surface area contributed by atoms with Gasteiger partial charge in [-0.1, -0.05) is 13.8 Å². The molecule has 0 bridgehead atoms. The highest BCUT2D eigenvalue weighted by molar-refractivity contribution is 7.18. The van der Waals surface area contributed by atoms with Crippen molar-refractivity contribution in [2.75, 3.05) is 0 Å². The Morgan fingerprint density at radius 3 is 2.12 bits per heavy atom. The number of hydrogen-bond donors (Lipinski definition) is 0. The summed E-state index contributed by atoms with van der Waals surface area (Å²) in [5.74, 6) is 0.545. The van der Waals surface area contributed by atoms with Gasteiger partial charge in [-0.2, -0.15) is 0 Å². The highest BCUT2D eigenvalue weighted by atomic mass is 32.1. The zero-order chi connectivity index (χ0) is 12.0. The molecule has 2 heteroatoms. The smallest absolute Gasteiger partial charge is 0.0908 e. The predicted octanol–water partition coefficient (Wildman–Crippen LogP) is 4.65. The van der Waals surface area contributed by atoms with Gasteiger partial charge in [-0.3, -0.25) is 0 Å². The Morgan fingerprint density at radius 1 is 0.938 bits per heavy atom. The standard InChI is InChI=1S/C14H19NS/c1-7(2)12-9(4)8(3)10(5)14-13(12)15-11(6)16-14/h7H,1-6H3. The summed E-state index contributed by atoms with van der Waals surface area (Å²) >= 11 is 1.82. The number of benzene rings is 1. The molecule has 0 unspecified atom stereocenters. The van der Waals surface area contributed by atoms with E-state index in [1.54, 1.807) is 0 Å². The molecule has 0 saturated carbocycles. The van der Waals surface area contributed by atoms with Gasteiger partial charge in [-0.05, 0) is 55.9 Å². The summed E-state index contributed by atoms with van der Waals surface area (Å²) in [6, 6.07) is 0. The maximum Gasteiger partial charge on any atom is 0.0908 e. The molecular formula is C14H19NS. The van der Waals surface area contributed by atoms with Gasteiger partial charge in [0, 0.05) is 0 Å². The van der Waals surface area contributed by atoms with Crippen LogP contribution in [0.15, 0.2) is 0 Å². The van der Waals surface area contributed by atoms with E-state index in [9.17, 15) is 0 Å². The lowest BCUT2D eigenvalue weighted by molar-refractivity contribution is 0.860. The lowest BCUT2D eigenvalue weighted by Gasteiger charge is -2.15. The van der Waals surface area contributed by atoms with Gasteiger partial charge in [0.1, 0.15) is 0 Å². The molecular weight excluding hydrogens is 214 g/mol. The molecule has 0 N–H and O–H groups in total. The van der Waals surface area contributed by atoms with E-state index >= 15 is 0 Å². The Balaban J connectivity index is 2.97. The first-order valence-electron chi connectivity index (χ1n) is 5.80. The molecule has 0 amide bonds. The van der Waals surface area contributed by atoms with Crippen LogP contribution in [0.4, 0.5) is 0 Å². The van der Waals surface area contributed by atoms with Crippen LogP contribution in [0.5, 0.6) is 0 Å². The molecule has 1 heterocycles. The largest absolute Gasteiger partial charge is 0.241 e. The Kier molecular flexibility index (Phi) is 2.79. The lowest BCUT2D eigenvalue weighted by Crippen LogP contribution is -1.99. The second-order valence-electron chi connectivity index (χ2n) is 4.85. The van der Waals surface area contributed by atoms with Gasteiger partial charge in [0.15, 0.2) is 0 Å². The molecule has 2 rings (SSSR count). The van der Waals surface area contributed by atoms with Gasteiger partial charge >= 0.3 is 0 Å². The number of aryl methyl sites for hydroxylation is 2. The molecule has 0 fully saturated rings. The van der Waals surface area contributed by atoms with Crippen LogP contribution >= 0.6 is 11.3 Å². The first-order chi connectivity index (χ1) is 7.43. The van der Waals surface area contributed by atoms with Crippen LogP contribution in [0.25, 0.3) is 10.2 Å². The van der Waals surface area contributed by atoms with Crippen molar-refractivity contribution < 1.29 is 0 Å². The molecule has 0 aliphatic carbocycles. The number of nitrogens with zero attached hydrogens (tertiary/aromatic N) is 1. The second kappa shape index (κ2) is 3.85. The quantitative estimate of drug-likeness (QED) is 0.698. The van der Waals surface area contributed by atoms with E-state index in [0.29, 0.717) is 5.92 Å². The molecule has 0 spiro atoms. The van der Waals surface area contributed by atoms with E-state index in [2.05, 4.69) is 41.5 Å². The monoisotopic (exact) mass is 233 g/mol. The van der Waals surface area contributed by atoms with Crippen molar-refractivity contribution in [2.24, 2.45) is 0 Å². The van der Waals surface area contributed by atoms with E-state index < -0.39 is 0 Å². The van der Waals surface area contributed by atoms with Crippen LogP contribution in [-0.4, -0.2) is 4.98 Å². The van der Waals surface area contributed by atoms with Crippen molar-refractivity contribution in [3.05, 3.63) is 27.3 Å². The summed E-state index contributed by atoms with van der Waals surface area (Å²) in [7, 11) is 0. The van der Waals surface area contributed by atoms with E-state index in [-0.39, 0.29) is 0 Å². The molecule has 1 aromatic carbocycles. The maximum atomic E-state index is 4.72. The van der Waals surface area contributed by atoms with Crippen molar-refractivity contribution in [3.63, 3.8) is 0 Å². The summed E-state index contributed by atoms with van der Waals surface area (Å²) in [6.07, 6.45) is 0. The highest BCUT2D eigenvalue weighted by Gasteiger charge is 2.17. The van der Waals surface area contributed by atoms with Gasteiger partial charge in [0.25, 0.3) is 0 Å². The number of hydrogen-bond acceptors (Lipinski definition) is 2. The maximum absolute atomic E-state index is 4.72. The Morgan fingerprint density at radius 2 is 1.56 bits per heavy atom. The fraction of sp³-hybridized carbons (Fsp3) is 0.500. The molecule has 2 aromatic rings. The Labute approximate surface area is 102 Å². The first kappa shape index (κ1) is 11.6. The number of rotatable bonds is 1. The third-order valence-electron chi connectivity index (χ3n) is 3.44. The van der Waals surface area contributed by atoms with Crippen molar-refractivity contribution in [1.82, 2.24) is 4.98 Å². The molecule has 0 atom stereocenters.